The first kappa shape index (κ1) is 7.68. The third-order valence-corrected chi connectivity index (χ3v) is 1.59. The number of rotatable bonds is 1. The van der Waals surface area contributed by atoms with E-state index in [1.165, 1.54) is 5.56 Å². The molecule has 0 amide bonds. The van der Waals surface area contributed by atoms with Gasteiger partial charge in [-0.2, -0.15) is 0 Å². The van der Waals surface area contributed by atoms with E-state index in [1.54, 1.807) is 0 Å². The molecule has 0 unspecified atom stereocenters. The van der Waals surface area contributed by atoms with Crippen LogP contribution in [0.3, 0.4) is 0 Å². The fraction of sp³-hybridized carbons (Fsp3) is 0.200. The Labute approximate surface area is 67.2 Å². The van der Waals surface area contributed by atoms with Crippen LogP contribution in [0, 0.1) is 19.3 Å². The third-order valence-electron chi connectivity index (χ3n) is 1.59. The van der Waals surface area contributed by atoms with Crippen molar-refractivity contribution in [3.05, 3.63) is 29.3 Å². The molecule has 2 N–H and O–H groups in total. The molecule has 1 aromatic rings. The van der Waals surface area contributed by atoms with Gasteiger partial charge in [0, 0.05) is 12.1 Å². The Hall–Kier alpha value is -1.42. The highest BCUT2D eigenvalue weighted by molar-refractivity contribution is 5.49. The van der Waals surface area contributed by atoms with E-state index in [1.807, 2.05) is 25.1 Å². The lowest BCUT2D eigenvalue weighted by molar-refractivity contribution is 1.29. The van der Waals surface area contributed by atoms with Gasteiger partial charge in [0.1, 0.15) is 0 Å². The lowest BCUT2D eigenvalue weighted by Crippen LogP contribution is -1.93. The van der Waals surface area contributed by atoms with E-state index in [9.17, 15) is 0 Å². The number of hydrogen-bond donors (Lipinski definition) is 1. The average molecular weight is 145 g/mol. The predicted octanol–water partition coefficient (Wildman–Crippen LogP) is 1.75. The van der Waals surface area contributed by atoms with Gasteiger partial charge in [-0.15, -0.1) is 12.3 Å². The van der Waals surface area contributed by atoms with Crippen molar-refractivity contribution in [3.8, 4) is 12.3 Å². The molecular formula is C10H11N. The van der Waals surface area contributed by atoms with E-state index >= 15 is 0 Å². The van der Waals surface area contributed by atoms with Gasteiger partial charge in [-0.25, -0.2) is 0 Å². The second kappa shape index (κ2) is 3.12. The average Bonchev–Trinajstić information content (AvgIpc) is 1.98. The normalized spacial score (nSPS) is 9.09. The zero-order valence-corrected chi connectivity index (χ0v) is 6.59. The highest BCUT2D eigenvalue weighted by Gasteiger charge is 1.95. The number of anilines is 1. The first-order valence-electron chi connectivity index (χ1n) is 3.52. The van der Waals surface area contributed by atoms with Crippen molar-refractivity contribution >= 4 is 5.69 Å². The van der Waals surface area contributed by atoms with E-state index in [0.29, 0.717) is 6.42 Å². The van der Waals surface area contributed by atoms with Crippen molar-refractivity contribution in [2.75, 3.05) is 5.73 Å². The second-order valence-corrected chi connectivity index (χ2v) is 2.58. The van der Waals surface area contributed by atoms with Gasteiger partial charge in [-0.1, -0.05) is 17.7 Å². The molecule has 0 radical (unpaired) electrons. The topological polar surface area (TPSA) is 26.0 Å². The molecule has 1 rings (SSSR count). The highest BCUT2D eigenvalue weighted by Crippen LogP contribution is 2.13. The van der Waals surface area contributed by atoms with Crippen LogP contribution in [-0.2, 0) is 6.42 Å². The largest absolute Gasteiger partial charge is 0.398 e. The van der Waals surface area contributed by atoms with E-state index in [2.05, 4.69) is 5.92 Å². The Bertz CT molecular complexity index is 294. The first-order chi connectivity index (χ1) is 5.24. The van der Waals surface area contributed by atoms with Gasteiger partial charge in [0.2, 0.25) is 0 Å². The molecular weight excluding hydrogens is 134 g/mol. The van der Waals surface area contributed by atoms with Gasteiger partial charge in [0.15, 0.2) is 0 Å². The third kappa shape index (κ3) is 1.75. The van der Waals surface area contributed by atoms with Crippen LogP contribution in [0.25, 0.3) is 0 Å². The zero-order chi connectivity index (χ0) is 8.27. The zero-order valence-electron chi connectivity index (χ0n) is 6.59. The molecule has 0 saturated carbocycles. The lowest BCUT2D eigenvalue weighted by atomic mass is 10.1. The predicted molar refractivity (Wildman–Crippen MR) is 48.1 cm³/mol. The Morgan fingerprint density at radius 2 is 2.27 bits per heavy atom. The molecule has 1 nitrogen and oxygen atoms in total. The molecule has 0 atom stereocenters. The van der Waals surface area contributed by atoms with E-state index in [-0.39, 0.29) is 0 Å². The summed E-state index contributed by atoms with van der Waals surface area (Å²) in [6.45, 7) is 2.03. The summed E-state index contributed by atoms with van der Waals surface area (Å²) >= 11 is 0. The summed E-state index contributed by atoms with van der Waals surface area (Å²) < 4.78 is 0. The fourth-order valence-corrected chi connectivity index (χ4v) is 0.998. The SMILES string of the molecule is C#CCc1cc(C)ccc1N. The molecule has 0 saturated heterocycles. The van der Waals surface area contributed by atoms with Gasteiger partial charge in [-0.3, -0.25) is 0 Å². The summed E-state index contributed by atoms with van der Waals surface area (Å²) in [6.07, 6.45) is 5.79. The molecule has 56 valence electrons. The molecule has 1 heteroatoms. The monoisotopic (exact) mass is 145 g/mol. The van der Waals surface area contributed by atoms with Crippen LogP contribution < -0.4 is 5.73 Å². The van der Waals surface area contributed by atoms with Crippen LogP contribution in [0.1, 0.15) is 11.1 Å². The maximum Gasteiger partial charge on any atom is 0.0358 e. The van der Waals surface area contributed by atoms with Crippen LogP contribution in [0.2, 0.25) is 0 Å². The fourth-order valence-electron chi connectivity index (χ4n) is 0.998. The summed E-state index contributed by atoms with van der Waals surface area (Å²) in [4.78, 5) is 0. The molecule has 0 fully saturated rings. The lowest BCUT2D eigenvalue weighted by Gasteiger charge is -2.01. The van der Waals surface area contributed by atoms with Crippen LogP contribution in [0.15, 0.2) is 18.2 Å². The Morgan fingerprint density at radius 1 is 1.55 bits per heavy atom. The van der Waals surface area contributed by atoms with Crippen molar-refractivity contribution in [3.63, 3.8) is 0 Å². The van der Waals surface area contributed by atoms with Crippen molar-refractivity contribution in [1.29, 1.82) is 0 Å². The number of aryl methyl sites for hydroxylation is 1. The summed E-state index contributed by atoms with van der Waals surface area (Å²) in [5.74, 6) is 2.57. The number of benzene rings is 1. The first-order valence-corrected chi connectivity index (χ1v) is 3.52. The molecule has 11 heavy (non-hydrogen) atoms. The smallest absolute Gasteiger partial charge is 0.0358 e. The van der Waals surface area contributed by atoms with E-state index in [0.717, 1.165) is 11.3 Å². The number of terminal acetylenes is 1. The van der Waals surface area contributed by atoms with Crippen molar-refractivity contribution in [1.82, 2.24) is 0 Å². The van der Waals surface area contributed by atoms with Gasteiger partial charge < -0.3 is 5.73 Å². The number of nitrogen functional groups attached to an aromatic ring is 1. The molecule has 0 heterocycles. The minimum Gasteiger partial charge on any atom is -0.398 e. The van der Waals surface area contributed by atoms with E-state index in [4.69, 9.17) is 12.2 Å². The summed E-state index contributed by atoms with van der Waals surface area (Å²) in [5, 5.41) is 0. The quantitative estimate of drug-likeness (QED) is 0.473. The minimum absolute atomic E-state index is 0.619. The molecule has 0 aliphatic carbocycles. The van der Waals surface area contributed by atoms with Crippen LogP contribution in [0.4, 0.5) is 5.69 Å². The maximum atomic E-state index is 5.68. The van der Waals surface area contributed by atoms with Crippen LogP contribution in [0.5, 0.6) is 0 Å². The molecule has 0 bridgehead atoms. The minimum atomic E-state index is 0.619. The van der Waals surface area contributed by atoms with Gasteiger partial charge >= 0.3 is 0 Å². The standard InChI is InChI=1S/C10H11N/c1-3-4-9-7-8(2)5-6-10(9)11/h1,5-7H,4,11H2,2H3. The van der Waals surface area contributed by atoms with Gasteiger partial charge in [-0.05, 0) is 18.6 Å². The summed E-state index contributed by atoms with van der Waals surface area (Å²) in [7, 11) is 0. The number of hydrogen-bond acceptors (Lipinski definition) is 1. The highest BCUT2D eigenvalue weighted by atomic mass is 14.6. The summed E-state index contributed by atoms with van der Waals surface area (Å²) in [5.41, 5.74) is 8.71. The van der Waals surface area contributed by atoms with Crippen molar-refractivity contribution < 1.29 is 0 Å². The Kier molecular flexibility index (Phi) is 2.18. The maximum absolute atomic E-state index is 5.68. The van der Waals surface area contributed by atoms with E-state index < -0.39 is 0 Å². The van der Waals surface area contributed by atoms with Crippen LogP contribution in [-0.4, -0.2) is 0 Å². The Morgan fingerprint density at radius 3 is 2.91 bits per heavy atom. The molecule has 0 spiro atoms. The Balaban J connectivity index is 3.05. The molecule has 1 aromatic carbocycles. The number of nitrogens with two attached hydrogens (primary N) is 1. The van der Waals surface area contributed by atoms with Gasteiger partial charge in [0.05, 0.1) is 0 Å². The van der Waals surface area contributed by atoms with Crippen LogP contribution >= 0.6 is 0 Å². The molecule has 0 aromatic heterocycles. The van der Waals surface area contributed by atoms with Crippen molar-refractivity contribution in [2.24, 2.45) is 0 Å². The van der Waals surface area contributed by atoms with Gasteiger partial charge in [0.25, 0.3) is 0 Å². The van der Waals surface area contributed by atoms with Crippen molar-refractivity contribution in [2.45, 2.75) is 13.3 Å². The molecule has 0 aliphatic rings. The molecule has 0 aliphatic heterocycles. The summed E-state index contributed by atoms with van der Waals surface area (Å²) in [6, 6.07) is 5.90. The second-order valence-electron chi connectivity index (χ2n) is 2.58.